The zero-order valence-corrected chi connectivity index (χ0v) is 20.1. The molecule has 0 aliphatic carbocycles. The zero-order valence-electron chi connectivity index (χ0n) is 17.8. The third kappa shape index (κ3) is 7.40. The van der Waals surface area contributed by atoms with Gasteiger partial charge in [0.15, 0.2) is 5.96 Å². The van der Waals surface area contributed by atoms with Gasteiger partial charge in [0.05, 0.1) is 31.6 Å². The summed E-state index contributed by atoms with van der Waals surface area (Å²) in [6, 6.07) is 12.3. The van der Waals surface area contributed by atoms with Crippen LogP contribution in [0.25, 0.3) is 0 Å². The van der Waals surface area contributed by atoms with Crippen LogP contribution in [0.4, 0.5) is 0 Å². The summed E-state index contributed by atoms with van der Waals surface area (Å²) in [4.78, 5) is 4.79. The topological polar surface area (TPSA) is 77.3 Å². The van der Waals surface area contributed by atoms with Crippen LogP contribution in [0.2, 0.25) is 0 Å². The second-order valence-corrected chi connectivity index (χ2v) is 7.57. The van der Waals surface area contributed by atoms with Crippen LogP contribution in [0.15, 0.2) is 52.1 Å². The van der Waals surface area contributed by atoms with Crippen LogP contribution < -0.4 is 15.4 Å². The summed E-state index contributed by atoms with van der Waals surface area (Å²) in [5.74, 6) is 2.72. The average Bonchev–Trinajstić information content (AvgIpc) is 3.48. The Hall–Kier alpha value is -1.78. The molecule has 170 valence electrons. The summed E-state index contributed by atoms with van der Waals surface area (Å²) in [7, 11) is 0. The lowest BCUT2D eigenvalue weighted by Crippen LogP contribution is -2.42. The van der Waals surface area contributed by atoms with E-state index in [2.05, 4.69) is 16.7 Å². The number of hydrogen-bond donors (Lipinski definition) is 2. The van der Waals surface area contributed by atoms with E-state index < -0.39 is 0 Å². The summed E-state index contributed by atoms with van der Waals surface area (Å²) < 4.78 is 22.4. The number of nitrogens with zero attached hydrogens (tertiary/aromatic N) is 1. The highest BCUT2D eigenvalue weighted by molar-refractivity contribution is 14.0. The van der Waals surface area contributed by atoms with Crippen molar-refractivity contribution in [3.05, 3.63) is 54.0 Å². The molecule has 1 aromatic heterocycles. The Morgan fingerprint density at radius 3 is 2.90 bits per heavy atom. The first-order valence-corrected chi connectivity index (χ1v) is 10.9. The second-order valence-electron chi connectivity index (χ2n) is 7.57. The molecular weight excluding hydrogens is 509 g/mol. The van der Waals surface area contributed by atoms with Gasteiger partial charge in [0, 0.05) is 44.7 Å². The molecule has 2 aliphatic heterocycles. The SMILES string of the molecule is I.c1coc(CCNC(=NCCCOC2CCOC2)NC2CCOc3ccccc32)c1. The van der Waals surface area contributed by atoms with Crippen LogP contribution >= 0.6 is 24.0 Å². The van der Waals surface area contributed by atoms with Gasteiger partial charge in [0.1, 0.15) is 11.5 Å². The number of nitrogens with one attached hydrogen (secondary N) is 2. The van der Waals surface area contributed by atoms with Crippen molar-refractivity contribution < 1.29 is 18.6 Å². The molecular formula is C23H32IN3O4. The first-order chi connectivity index (χ1) is 14.9. The number of halogens is 1. The van der Waals surface area contributed by atoms with Crippen LogP contribution in [-0.4, -0.2) is 51.6 Å². The maximum atomic E-state index is 5.85. The van der Waals surface area contributed by atoms with Gasteiger partial charge < -0.3 is 29.3 Å². The van der Waals surface area contributed by atoms with Crippen LogP contribution in [0.3, 0.4) is 0 Å². The van der Waals surface area contributed by atoms with E-state index in [9.17, 15) is 0 Å². The number of rotatable bonds is 9. The van der Waals surface area contributed by atoms with Crippen molar-refractivity contribution in [2.45, 2.75) is 37.8 Å². The van der Waals surface area contributed by atoms with Crippen LogP contribution in [0, 0.1) is 0 Å². The number of ether oxygens (including phenoxy) is 3. The quantitative estimate of drug-likeness (QED) is 0.218. The number of guanidine groups is 1. The Labute approximate surface area is 200 Å². The molecule has 0 bridgehead atoms. The maximum absolute atomic E-state index is 5.85. The molecule has 0 spiro atoms. The first-order valence-electron chi connectivity index (χ1n) is 10.9. The number of fused-ring (bicyclic) bond motifs is 1. The van der Waals surface area contributed by atoms with Gasteiger partial charge in [-0.05, 0) is 31.0 Å². The molecule has 31 heavy (non-hydrogen) atoms. The predicted octanol–water partition coefficient (Wildman–Crippen LogP) is 3.69. The van der Waals surface area contributed by atoms with Crippen molar-refractivity contribution in [2.24, 2.45) is 4.99 Å². The van der Waals surface area contributed by atoms with Gasteiger partial charge in [-0.3, -0.25) is 4.99 Å². The van der Waals surface area contributed by atoms with Gasteiger partial charge in [-0.15, -0.1) is 24.0 Å². The molecule has 0 saturated carbocycles. The Bertz CT molecular complexity index is 794. The molecule has 1 saturated heterocycles. The van der Waals surface area contributed by atoms with E-state index in [1.807, 2.05) is 30.3 Å². The third-order valence-electron chi connectivity index (χ3n) is 5.33. The molecule has 2 unspecified atom stereocenters. The van der Waals surface area contributed by atoms with Gasteiger partial charge in [-0.25, -0.2) is 0 Å². The lowest BCUT2D eigenvalue weighted by atomic mass is 10.0. The van der Waals surface area contributed by atoms with E-state index in [4.69, 9.17) is 23.6 Å². The van der Waals surface area contributed by atoms with E-state index in [1.165, 1.54) is 5.56 Å². The fourth-order valence-corrected chi connectivity index (χ4v) is 3.72. The summed E-state index contributed by atoms with van der Waals surface area (Å²) in [5, 5.41) is 7.04. The van der Waals surface area contributed by atoms with Crippen molar-refractivity contribution in [1.29, 1.82) is 0 Å². The molecule has 2 N–H and O–H groups in total. The summed E-state index contributed by atoms with van der Waals surface area (Å²) in [6.45, 7) is 4.38. The smallest absolute Gasteiger partial charge is 0.191 e. The van der Waals surface area contributed by atoms with Gasteiger partial charge in [-0.1, -0.05) is 18.2 Å². The standard InChI is InChI=1S/C23H31N3O4.HI/c1-2-7-22-20(6-1)21(10-16-30-22)26-23(25-12-8-18-5-3-13-28-18)24-11-4-14-29-19-9-15-27-17-19;/h1-3,5-7,13,19,21H,4,8-12,14-17H2,(H2,24,25,26);1H. The highest BCUT2D eigenvalue weighted by Crippen LogP contribution is 2.31. The van der Waals surface area contributed by atoms with Crippen molar-refractivity contribution in [1.82, 2.24) is 10.6 Å². The summed E-state index contributed by atoms with van der Waals surface area (Å²) >= 11 is 0. The minimum Gasteiger partial charge on any atom is -0.493 e. The molecule has 7 nitrogen and oxygen atoms in total. The van der Waals surface area contributed by atoms with Gasteiger partial charge >= 0.3 is 0 Å². The molecule has 2 atom stereocenters. The Morgan fingerprint density at radius 1 is 1.13 bits per heavy atom. The largest absolute Gasteiger partial charge is 0.493 e. The lowest BCUT2D eigenvalue weighted by Gasteiger charge is -2.28. The van der Waals surface area contributed by atoms with Crippen molar-refractivity contribution in [3.8, 4) is 5.75 Å². The number of hydrogen-bond acceptors (Lipinski definition) is 5. The highest BCUT2D eigenvalue weighted by atomic mass is 127. The molecule has 3 heterocycles. The normalized spacial score (nSPS) is 20.5. The molecule has 8 heteroatoms. The minimum atomic E-state index is 0. The first kappa shape index (κ1) is 23.9. The number of benzene rings is 1. The van der Waals surface area contributed by atoms with Crippen molar-refractivity contribution in [3.63, 3.8) is 0 Å². The van der Waals surface area contributed by atoms with Gasteiger partial charge in [-0.2, -0.15) is 0 Å². The van der Waals surface area contributed by atoms with Crippen molar-refractivity contribution >= 4 is 29.9 Å². The molecule has 2 aliphatic rings. The van der Waals surface area contributed by atoms with Crippen LogP contribution in [0.5, 0.6) is 5.75 Å². The van der Waals surface area contributed by atoms with E-state index in [0.717, 1.165) is 56.3 Å². The Morgan fingerprint density at radius 2 is 2.06 bits per heavy atom. The average molecular weight is 541 g/mol. The lowest BCUT2D eigenvalue weighted by molar-refractivity contribution is 0.0424. The molecule has 1 fully saturated rings. The van der Waals surface area contributed by atoms with E-state index in [-0.39, 0.29) is 36.1 Å². The summed E-state index contributed by atoms with van der Waals surface area (Å²) in [5.41, 5.74) is 1.17. The van der Waals surface area contributed by atoms with Gasteiger partial charge in [0.2, 0.25) is 0 Å². The zero-order chi connectivity index (χ0) is 20.4. The third-order valence-corrected chi connectivity index (χ3v) is 5.33. The number of aliphatic imine (C=N–C) groups is 1. The summed E-state index contributed by atoms with van der Waals surface area (Å²) in [6.07, 6.45) is 5.54. The maximum Gasteiger partial charge on any atom is 0.191 e. The second kappa shape index (κ2) is 12.9. The van der Waals surface area contributed by atoms with E-state index in [1.54, 1.807) is 6.26 Å². The molecule has 2 aromatic rings. The Kier molecular flexibility index (Phi) is 9.95. The fraction of sp³-hybridized carbons (Fsp3) is 0.522. The number of furan rings is 1. The minimum absolute atomic E-state index is 0. The Balaban J connectivity index is 0.00000272. The molecule has 4 rings (SSSR count). The van der Waals surface area contributed by atoms with Crippen LogP contribution in [-0.2, 0) is 15.9 Å². The molecule has 0 radical (unpaired) electrons. The van der Waals surface area contributed by atoms with E-state index >= 15 is 0 Å². The van der Waals surface area contributed by atoms with Crippen LogP contribution in [0.1, 0.15) is 36.6 Å². The predicted molar refractivity (Wildman–Crippen MR) is 130 cm³/mol. The highest BCUT2D eigenvalue weighted by Gasteiger charge is 2.22. The fourth-order valence-electron chi connectivity index (χ4n) is 3.72. The van der Waals surface area contributed by atoms with Crippen molar-refractivity contribution in [2.75, 3.05) is 39.5 Å². The molecule has 1 aromatic carbocycles. The van der Waals surface area contributed by atoms with Gasteiger partial charge in [0.25, 0.3) is 0 Å². The number of para-hydroxylation sites is 1. The molecule has 0 amide bonds. The monoisotopic (exact) mass is 541 g/mol. The van der Waals surface area contributed by atoms with E-state index in [0.29, 0.717) is 26.4 Å².